The minimum absolute atomic E-state index is 0.291. The van der Waals surface area contributed by atoms with Gasteiger partial charge in [-0.25, -0.2) is 9.07 Å². The maximum absolute atomic E-state index is 13.2. The highest BCUT2D eigenvalue weighted by atomic mass is 35.5. The van der Waals surface area contributed by atoms with Gasteiger partial charge in [0, 0.05) is 12.7 Å². The fourth-order valence-corrected chi connectivity index (χ4v) is 1.46. The van der Waals surface area contributed by atoms with Gasteiger partial charge in [0.15, 0.2) is 0 Å². The molecule has 0 aliphatic rings. The Kier molecular flexibility index (Phi) is 2.70. The number of halogens is 2. The number of hydrogen-bond acceptors (Lipinski definition) is 2. The average molecular weight is 226 g/mol. The van der Waals surface area contributed by atoms with E-state index in [0.717, 1.165) is 5.56 Å². The lowest BCUT2D eigenvalue weighted by Gasteiger charge is -2.04. The van der Waals surface area contributed by atoms with Crippen molar-refractivity contribution in [2.45, 2.75) is 6.54 Å². The summed E-state index contributed by atoms with van der Waals surface area (Å²) in [7, 11) is 0. The van der Waals surface area contributed by atoms with E-state index in [0.29, 0.717) is 17.3 Å². The third kappa shape index (κ3) is 2.16. The predicted octanol–water partition coefficient (Wildman–Crippen LogP) is 2.12. The van der Waals surface area contributed by atoms with Crippen molar-refractivity contribution in [2.75, 3.05) is 0 Å². The summed E-state index contributed by atoms with van der Waals surface area (Å²) >= 11 is 5.72. The van der Waals surface area contributed by atoms with Gasteiger partial charge in [0.1, 0.15) is 5.82 Å². The summed E-state index contributed by atoms with van der Waals surface area (Å²) in [6.07, 6.45) is 3.10. The summed E-state index contributed by atoms with van der Waals surface area (Å²) in [5, 5.41) is 4.49. The molecule has 0 saturated heterocycles. The SMILES string of the molecule is NCc1cc(F)cc(-n2cc(Cl)cn2)c1. The first-order valence-electron chi connectivity index (χ1n) is 4.39. The Hall–Kier alpha value is -1.39. The zero-order chi connectivity index (χ0) is 10.8. The van der Waals surface area contributed by atoms with Crippen LogP contribution in [0, 0.1) is 5.82 Å². The summed E-state index contributed by atoms with van der Waals surface area (Å²) in [6, 6.07) is 4.55. The molecule has 0 atom stereocenters. The molecule has 1 aromatic carbocycles. The van der Waals surface area contributed by atoms with E-state index in [4.69, 9.17) is 17.3 Å². The number of nitrogens with zero attached hydrogens (tertiary/aromatic N) is 2. The van der Waals surface area contributed by atoms with Gasteiger partial charge in [-0.2, -0.15) is 5.10 Å². The van der Waals surface area contributed by atoms with Crippen LogP contribution < -0.4 is 5.73 Å². The van der Waals surface area contributed by atoms with E-state index < -0.39 is 0 Å². The minimum Gasteiger partial charge on any atom is -0.326 e. The van der Waals surface area contributed by atoms with Crippen molar-refractivity contribution in [3.05, 3.63) is 47.0 Å². The van der Waals surface area contributed by atoms with Gasteiger partial charge in [0.05, 0.1) is 16.9 Å². The van der Waals surface area contributed by atoms with Crippen LogP contribution in [0.2, 0.25) is 5.02 Å². The normalized spacial score (nSPS) is 10.6. The van der Waals surface area contributed by atoms with E-state index in [1.54, 1.807) is 12.3 Å². The second-order valence-electron chi connectivity index (χ2n) is 3.12. The highest BCUT2D eigenvalue weighted by Crippen LogP contribution is 2.15. The third-order valence-electron chi connectivity index (χ3n) is 1.99. The third-order valence-corrected chi connectivity index (χ3v) is 2.19. The minimum atomic E-state index is -0.334. The van der Waals surface area contributed by atoms with Gasteiger partial charge < -0.3 is 5.73 Å². The molecule has 78 valence electrons. The van der Waals surface area contributed by atoms with E-state index >= 15 is 0 Å². The summed E-state index contributed by atoms with van der Waals surface area (Å²) < 4.78 is 14.7. The lowest BCUT2D eigenvalue weighted by atomic mass is 10.2. The molecule has 2 rings (SSSR count). The molecule has 1 heterocycles. The monoisotopic (exact) mass is 225 g/mol. The van der Waals surface area contributed by atoms with Crippen LogP contribution >= 0.6 is 11.6 Å². The molecule has 0 radical (unpaired) electrons. The van der Waals surface area contributed by atoms with Gasteiger partial charge in [-0.3, -0.25) is 0 Å². The first-order chi connectivity index (χ1) is 7.19. The number of aromatic nitrogens is 2. The molecule has 15 heavy (non-hydrogen) atoms. The Bertz CT molecular complexity index is 481. The Morgan fingerprint density at radius 1 is 1.40 bits per heavy atom. The summed E-state index contributed by atoms with van der Waals surface area (Å²) in [5.74, 6) is -0.334. The van der Waals surface area contributed by atoms with Crippen molar-refractivity contribution in [3.8, 4) is 5.69 Å². The Balaban J connectivity index is 2.48. The molecule has 0 aliphatic heterocycles. The van der Waals surface area contributed by atoms with E-state index in [1.807, 2.05) is 0 Å². The zero-order valence-electron chi connectivity index (χ0n) is 7.82. The fourth-order valence-electron chi connectivity index (χ4n) is 1.33. The van der Waals surface area contributed by atoms with Gasteiger partial charge in [0.25, 0.3) is 0 Å². The van der Waals surface area contributed by atoms with Gasteiger partial charge >= 0.3 is 0 Å². The van der Waals surface area contributed by atoms with Crippen molar-refractivity contribution in [2.24, 2.45) is 5.73 Å². The molecule has 3 nitrogen and oxygen atoms in total. The number of hydrogen-bond donors (Lipinski definition) is 1. The molecule has 2 aromatic rings. The lowest BCUT2D eigenvalue weighted by molar-refractivity contribution is 0.623. The highest BCUT2D eigenvalue weighted by Gasteiger charge is 2.03. The maximum atomic E-state index is 13.2. The van der Waals surface area contributed by atoms with Gasteiger partial charge in [-0.05, 0) is 23.8 Å². The fraction of sp³-hybridized carbons (Fsp3) is 0.100. The van der Waals surface area contributed by atoms with Gasteiger partial charge in [-0.1, -0.05) is 11.6 Å². The van der Waals surface area contributed by atoms with Crippen LogP contribution in [0.25, 0.3) is 5.69 Å². The summed E-state index contributed by atoms with van der Waals surface area (Å²) in [6.45, 7) is 0.291. The molecule has 2 N–H and O–H groups in total. The molecule has 0 amide bonds. The molecule has 5 heteroatoms. The first kappa shape index (κ1) is 10.1. The molecular weight excluding hydrogens is 217 g/mol. The maximum Gasteiger partial charge on any atom is 0.125 e. The summed E-state index contributed by atoms with van der Waals surface area (Å²) in [4.78, 5) is 0. The molecule has 0 fully saturated rings. The van der Waals surface area contributed by atoms with Gasteiger partial charge in [0.2, 0.25) is 0 Å². The van der Waals surface area contributed by atoms with Crippen molar-refractivity contribution >= 4 is 11.6 Å². The van der Waals surface area contributed by atoms with E-state index in [1.165, 1.54) is 23.0 Å². The van der Waals surface area contributed by atoms with Crippen molar-refractivity contribution in [3.63, 3.8) is 0 Å². The standard InChI is InChI=1S/C10H9ClFN3/c11-8-5-14-15(6-8)10-2-7(4-13)1-9(12)3-10/h1-3,5-6H,4,13H2. The molecule has 0 unspecified atom stereocenters. The second-order valence-corrected chi connectivity index (χ2v) is 3.56. The molecule has 0 saturated carbocycles. The van der Waals surface area contributed by atoms with E-state index in [-0.39, 0.29) is 5.82 Å². The second kappa shape index (κ2) is 4.00. The average Bonchev–Trinajstić information content (AvgIpc) is 2.64. The quantitative estimate of drug-likeness (QED) is 0.851. The first-order valence-corrected chi connectivity index (χ1v) is 4.77. The van der Waals surface area contributed by atoms with Gasteiger partial charge in [-0.15, -0.1) is 0 Å². The Morgan fingerprint density at radius 2 is 2.20 bits per heavy atom. The lowest BCUT2D eigenvalue weighted by Crippen LogP contribution is -2.01. The van der Waals surface area contributed by atoms with Crippen molar-refractivity contribution < 1.29 is 4.39 Å². The Morgan fingerprint density at radius 3 is 2.80 bits per heavy atom. The van der Waals surface area contributed by atoms with Crippen LogP contribution in [-0.2, 0) is 6.54 Å². The number of nitrogens with two attached hydrogens (primary N) is 1. The van der Waals surface area contributed by atoms with Crippen LogP contribution in [0.3, 0.4) is 0 Å². The topological polar surface area (TPSA) is 43.8 Å². The van der Waals surface area contributed by atoms with Crippen molar-refractivity contribution in [1.29, 1.82) is 0 Å². The molecule has 0 aliphatic carbocycles. The number of rotatable bonds is 2. The highest BCUT2D eigenvalue weighted by molar-refractivity contribution is 6.30. The molecular formula is C10H9ClFN3. The number of benzene rings is 1. The predicted molar refractivity (Wildman–Crippen MR) is 56.4 cm³/mol. The Labute approximate surface area is 91.3 Å². The molecule has 0 spiro atoms. The van der Waals surface area contributed by atoms with E-state index in [9.17, 15) is 4.39 Å². The van der Waals surface area contributed by atoms with Crippen LogP contribution in [0.5, 0.6) is 0 Å². The van der Waals surface area contributed by atoms with Crippen LogP contribution in [0.4, 0.5) is 4.39 Å². The van der Waals surface area contributed by atoms with Crippen LogP contribution in [-0.4, -0.2) is 9.78 Å². The van der Waals surface area contributed by atoms with Crippen molar-refractivity contribution in [1.82, 2.24) is 9.78 Å². The molecule has 1 aromatic heterocycles. The summed E-state index contributed by atoms with van der Waals surface area (Å²) in [5.41, 5.74) is 6.78. The largest absolute Gasteiger partial charge is 0.326 e. The smallest absolute Gasteiger partial charge is 0.125 e. The molecule has 0 bridgehead atoms. The van der Waals surface area contributed by atoms with Crippen LogP contribution in [0.1, 0.15) is 5.56 Å². The van der Waals surface area contributed by atoms with E-state index in [2.05, 4.69) is 5.10 Å². The zero-order valence-corrected chi connectivity index (χ0v) is 8.58. The van der Waals surface area contributed by atoms with Crippen LogP contribution in [0.15, 0.2) is 30.6 Å².